The predicted molar refractivity (Wildman–Crippen MR) is 64.7 cm³/mol. The van der Waals surface area contributed by atoms with E-state index in [0.29, 0.717) is 5.56 Å². The van der Waals surface area contributed by atoms with Gasteiger partial charge >= 0.3 is 0 Å². The maximum Gasteiger partial charge on any atom is 0.165 e. The van der Waals surface area contributed by atoms with Crippen molar-refractivity contribution in [2.75, 3.05) is 7.11 Å². The number of methoxy groups -OCH3 is 1. The normalized spacial score (nSPS) is 10.4. The quantitative estimate of drug-likeness (QED) is 0.881. The van der Waals surface area contributed by atoms with Gasteiger partial charge in [-0.15, -0.1) is 0 Å². The summed E-state index contributed by atoms with van der Waals surface area (Å²) < 4.78 is 32.6. The number of benzene rings is 2. The standard InChI is InChI=1S/C14H12F2O2/c1-8-6-7-10(15)12(13(8)16)9-4-3-5-11(18-2)14(9)17/h3-7,17H,1-2H3. The molecule has 0 amide bonds. The molecule has 1 N–H and O–H groups in total. The van der Waals surface area contributed by atoms with E-state index in [-0.39, 0.29) is 22.6 Å². The van der Waals surface area contributed by atoms with E-state index < -0.39 is 11.6 Å². The van der Waals surface area contributed by atoms with E-state index in [1.54, 1.807) is 6.07 Å². The van der Waals surface area contributed by atoms with Crippen molar-refractivity contribution in [1.29, 1.82) is 0 Å². The Bertz CT molecular complexity index is 595. The first kappa shape index (κ1) is 12.4. The summed E-state index contributed by atoms with van der Waals surface area (Å²) in [6.45, 7) is 1.54. The maximum atomic E-state index is 14.0. The highest BCUT2D eigenvalue weighted by Gasteiger charge is 2.18. The lowest BCUT2D eigenvalue weighted by Crippen LogP contribution is -1.94. The van der Waals surface area contributed by atoms with Crippen LogP contribution in [0.1, 0.15) is 5.56 Å². The van der Waals surface area contributed by atoms with E-state index in [9.17, 15) is 13.9 Å². The van der Waals surface area contributed by atoms with E-state index in [4.69, 9.17) is 4.74 Å². The average molecular weight is 250 g/mol. The smallest absolute Gasteiger partial charge is 0.165 e. The molecule has 0 fully saturated rings. The second kappa shape index (κ2) is 4.64. The van der Waals surface area contributed by atoms with Crippen molar-refractivity contribution >= 4 is 0 Å². The van der Waals surface area contributed by atoms with Crippen molar-refractivity contribution in [2.45, 2.75) is 6.92 Å². The fourth-order valence-electron chi connectivity index (χ4n) is 1.79. The number of para-hydroxylation sites is 1. The molecule has 0 bridgehead atoms. The molecule has 0 aliphatic heterocycles. The Morgan fingerprint density at radius 2 is 1.83 bits per heavy atom. The maximum absolute atomic E-state index is 14.0. The van der Waals surface area contributed by atoms with Crippen molar-refractivity contribution in [3.05, 3.63) is 47.5 Å². The first-order chi connectivity index (χ1) is 8.56. The molecule has 0 saturated carbocycles. The van der Waals surface area contributed by atoms with Crippen LogP contribution in [-0.2, 0) is 0 Å². The summed E-state index contributed by atoms with van der Waals surface area (Å²) in [5.74, 6) is -1.50. The second-order valence-electron chi connectivity index (χ2n) is 3.91. The van der Waals surface area contributed by atoms with Crippen LogP contribution in [-0.4, -0.2) is 12.2 Å². The largest absolute Gasteiger partial charge is 0.504 e. The highest BCUT2D eigenvalue weighted by molar-refractivity contribution is 5.74. The Morgan fingerprint density at radius 1 is 1.11 bits per heavy atom. The molecule has 4 heteroatoms. The van der Waals surface area contributed by atoms with Crippen LogP contribution in [0.15, 0.2) is 30.3 Å². The molecule has 0 heterocycles. The molecule has 0 radical (unpaired) electrons. The zero-order chi connectivity index (χ0) is 13.3. The number of ether oxygens (including phenoxy) is 1. The minimum atomic E-state index is -0.721. The van der Waals surface area contributed by atoms with Gasteiger partial charge < -0.3 is 9.84 Å². The lowest BCUT2D eigenvalue weighted by atomic mass is 10.0. The fourth-order valence-corrected chi connectivity index (χ4v) is 1.79. The van der Waals surface area contributed by atoms with Gasteiger partial charge in [-0.3, -0.25) is 0 Å². The molecule has 0 aliphatic carbocycles. The third-order valence-electron chi connectivity index (χ3n) is 2.77. The molecule has 18 heavy (non-hydrogen) atoms. The third kappa shape index (κ3) is 1.90. The van der Waals surface area contributed by atoms with E-state index in [1.165, 1.54) is 38.3 Å². The molecular weight excluding hydrogens is 238 g/mol. The van der Waals surface area contributed by atoms with Gasteiger partial charge in [-0.2, -0.15) is 0 Å². The zero-order valence-corrected chi connectivity index (χ0v) is 10.00. The molecule has 0 atom stereocenters. The molecule has 0 aromatic heterocycles. The Morgan fingerprint density at radius 3 is 2.50 bits per heavy atom. The van der Waals surface area contributed by atoms with Crippen molar-refractivity contribution in [3.8, 4) is 22.6 Å². The zero-order valence-electron chi connectivity index (χ0n) is 10.00. The lowest BCUT2D eigenvalue weighted by molar-refractivity contribution is 0.374. The molecule has 0 aliphatic rings. The number of rotatable bonds is 2. The van der Waals surface area contributed by atoms with E-state index in [1.807, 2.05) is 0 Å². The number of hydrogen-bond donors (Lipinski definition) is 1. The number of aromatic hydroxyl groups is 1. The number of halogens is 2. The van der Waals surface area contributed by atoms with Crippen molar-refractivity contribution in [2.24, 2.45) is 0 Å². The van der Waals surface area contributed by atoms with Crippen LogP contribution < -0.4 is 4.74 Å². The Balaban J connectivity index is 2.73. The summed E-state index contributed by atoms with van der Waals surface area (Å²) in [7, 11) is 1.38. The SMILES string of the molecule is COc1cccc(-c2c(F)ccc(C)c2F)c1O. The highest BCUT2D eigenvalue weighted by atomic mass is 19.1. The van der Waals surface area contributed by atoms with Crippen LogP contribution in [0.25, 0.3) is 11.1 Å². The molecule has 2 aromatic carbocycles. The topological polar surface area (TPSA) is 29.5 Å². The van der Waals surface area contributed by atoms with Crippen LogP contribution in [0, 0.1) is 18.6 Å². The number of aryl methyl sites for hydroxylation is 1. The van der Waals surface area contributed by atoms with E-state index in [0.717, 1.165) is 0 Å². The van der Waals surface area contributed by atoms with Crippen LogP contribution >= 0.6 is 0 Å². The van der Waals surface area contributed by atoms with Crippen LogP contribution in [0.2, 0.25) is 0 Å². The monoisotopic (exact) mass is 250 g/mol. The molecule has 0 spiro atoms. The van der Waals surface area contributed by atoms with Gasteiger partial charge in [0.25, 0.3) is 0 Å². The van der Waals surface area contributed by atoms with Gasteiger partial charge in [-0.25, -0.2) is 8.78 Å². The van der Waals surface area contributed by atoms with Crippen LogP contribution in [0.3, 0.4) is 0 Å². The van der Waals surface area contributed by atoms with Crippen molar-refractivity contribution in [1.82, 2.24) is 0 Å². The van der Waals surface area contributed by atoms with Gasteiger partial charge in [-0.1, -0.05) is 18.2 Å². The summed E-state index contributed by atoms with van der Waals surface area (Å²) in [6, 6.07) is 7.05. The Hall–Kier alpha value is -2.10. The second-order valence-corrected chi connectivity index (χ2v) is 3.91. The predicted octanol–water partition coefficient (Wildman–Crippen LogP) is 3.65. The highest BCUT2D eigenvalue weighted by Crippen LogP contribution is 2.39. The first-order valence-corrected chi connectivity index (χ1v) is 5.37. The average Bonchev–Trinajstić information content (AvgIpc) is 2.36. The van der Waals surface area contributed by atoms with Gasteiger partial charge in [0.2, 0.25) is 0 Å². The van der Waals surface area contributed by atoms with Crippen LogP contribution in [0.5, 0.6) is 11.5 Å². The molecule has 0 saturated heterocycles. The van der Waals surface area contributed by atoms with Gasteiger partial charge in [0.15, 0.2) is 11.5 Å². The summed E-state index contributed by atoms with van der Waals surface area (Å²) in [6.07, 6.45) is 0. The molecule has 94 valence electrons. The number of phenols is 1. The summed E-state index contributed by atoms with van der Waals surface area (Å²) in [5, 5.41) is 9.92. The van der Waals surface area contributed by atoms with E-state index >= 15 is 0 Å². The Labute approximate surface area is 103 Å². The molecular formula is C14H12F2O2. The molecule has 2 nitrogen and oxygen atoms in total. The molecule has 2 rings (SSSR count). The minimum absolute atomic E-state index is 0.0769. The van der Waals surface area contributed by atoms with Crippen LogP contribution in [0.4, 0.5) is 8.78 Å². The summed E-state index contributed by atoms with van der Waals surface area (Å²) >= 11 is 0. The summed E-state index contributed by atoms with van der Waals surface area (Å²) in [4.78, 5) is 0. The van der Waals surface area contributed by atoms with Crippen molar-refractivity contribution < 1.29 is 18.6 Å². The van der Waals surface area contributed by atoms with Gasteiger partial charge in [-0.05, 0) is 24.6 Å². The number of phenolic OH excluding ortho intramolecular Hbond substituents is 1. The molecule has 2 aromatic rings. The van der Waals surface area contributed by atoms with Gasteiger partial charge in [0, 0.05) is 5.56 Å². The van der Waals surface area contributed by atoms with Gasteiger partial charge in [0.05, 0.1) is 12.7 Å². The molecule has 0 unspecified atom stereocenters. The summed E-state index contributed by atoms with van der Waals surface area (Å²) in [5.41, 5.74) is 0.146. The van der Waals surface area contributed by atoms with E-state index in [2.05, 4.69) is 0 Å². The minimum Gasteiger partial charge on any atom is -0.504 e. The van der Waals surface area contributed by atoms with Crippen molar-refractivity contribution in [3.63, 3.8) is 0 Å². The lowest BCUT2D eigenvalue weighted by Gasteiger charge is -2.11. The number of hydrogen-bond acceptors (Lipinski definition) is 2. The van der Waals surface area contributed by atoms with Gasteiger partial charge in [0.1, 0.15) is 11.6 Å². The third-order valence-corrected chi connectivity index (χ3v) is 2.77. The Kier molecular flexibility index (Phi) is 3.19. The fraction of sp³-hybridized carbons (Fsp3) is 0.143. The first-order valence-electron chi connectivity index (χ1n) is 5.37.